The fourth-order valence-electron chi connectivity index (χ4n) is 6.28. The van der Waals surface area contributed by atoms with Crippen molar-refractivity contribution in [1.82, 2.24) is 10.1 Å². The zero-order valence-electron chi connectivity index (χ0n) is 20.9. The topological polar surface area (TPSA) is 93.6 Å². The van der Waals surface area contributed by atoms with Crippen LogP contribution in [-0.2, 0) is 5.41 Å². The van der Waals surface area contributed by atoms with Crippen LogP contribution in [0.3, 0.4) is 0 Å². The predicted molar refractivity (Wildman–Crippen MR) is 136 cm³/mol. The molecule has 2 heterocycles. The van der Waals surface area contributed by atoms with Crippen molar-refractivity contribution >= 4 is 17.5 Å². The molecule has 184 valence electrons. The molecule has 0 radical (unpaired) electrons. The molecule has 2 saturated carbocycles. The molecular weight excluding hydrogens is 452 g/mol. The van der Waals surface area contributed by atoms with Gasteiger partial charge in [0.15, 0.2) is 0 Å². The van der Waals surface area contributed by atoms with Crippen LogP contribution < -0.4 is 4.90 Å². The lowest BCUT2D eigenvalue weighted by molar-refractivity contribution is -0.0559. The van der Waals surface area contributed by atoms with Crippen LogP contribution >= 0.6 is 0 Å². The van der Waals surface area contributed by atoms with Gasteiger partial charge in [0.2, 0.25) is 0 Å². The Kier molecular flexibility index (Phi) is 4.95. The molecular formula is C29H30N4O3. The first-order valence-corrected chi connectivity index (χ1v) is 12.6. The maximum absolute atomic E-state index is 11.3. The highest BCUT2D eigenvalue weighted by Gasteiger charge is 2.55. The summed E-state index contributed by atoms with van der Waals surface area (Å²) in [6, 6.07) is 17.8. The molecule has 3 aliphatic rings. The summed E-state index contributed by atoms with van der Waals surface area (Å²) in [4.78, 5) is 15.3. The predicted octanol–water partition coefficient (Wildman–Crippen LogP) is 6.10. The molecule has 2 aliphatic carbocycles. The number of nitrogens with zero attached hydrogens (tertiary/aromatic N) is 4. The average Bonchev–Trinajstić information content (AvgIpc) is 3.54. The van der Waals surface area contributed by atoms with Crippen molar-refractivity contribution < 1.29 is 14.4 Å². The van der Waals surface area contributed by atoms with Gasteiger partial charge in [0.1, 0.15) is 5.76 Å². The van der Waals surface area contributed by atoms with Crippen LogP contribution in [0.1, 0.15) is 48.3 Å². The molecule has 0 unspecified atom stereocenters. The van der Waals surface area contributed by atoms with E-state index in [0.717, 1.165) is 65.2 Å². The van der Waals surface area contributed by atoms with E-state index in [2.05, 4.69) is 65.5 Å². The minimum absolute atomic E-state index is 0.0906. The number of carboxylic acid groups (broad SMARTS) is 1. The molecule has 6 rings (SSSR count). The minimum atomic E-state index is -0.828. The van der Waals surface area contributed by atoms with E-state index in [1.54, 1.807) is 0 Å². The first-order valence-electron chi connectivity index (χ1n) is 12.6. The highest BCUT2D eigenvalue weighted by molar-refractivity contribution is 5.77. The number of amides is 1. The first kappa shape index (κ1) is 22.7. The maximum atomic E-state index is 11.3. The van der Waals surface area contributed by atoms with Gasteiger partial charge in [-0.15, -0.1) is 0 Å². The van der Waals surface area contributed by atoms with Crippen LogP contribution in [-0.4, -0.2) is 40.4 Å². The van der Waals surface area contributed by atoms with Crippen molar-refractivity contribution in [3.05, 3.63) is 65.0 Å². The summed E-state index contributed by atoms with van der Waals surface area (Å²) in [6.07, 6.45) is 2.93. The third kappa shape index (κ3) is 3.47. The Morgan fingerprint density at radius 1 is 1.14 bits per heavy atom. The van der Waals surface area contributed by atoms with E-state index < -0.39 is 6.09 Å². The zero-order valence-corrected chi connectivity index (χ0v) is 20.9. The third-order valence-corrected chi connectivity index (χ3v) is 8.48. The molecule has 7 heteroatoms. The summed E-state index contributed by atoms with van der Waals surface area (Å²) >= 11 is 0. The van der Waals surface area contributed by atoms with E-state index in [-0.39, 0.29) is 16.9 Å². The second kappa shape index (κ2) is 7.86. The largest absolute Gasteiger partial charge is 0.465 e. The van der Waals surface area contributed by atoms with E-state index in [0.29, 0.717) is 13.1 Å². The van der Waals surface area contributed by atoms with E-state index in [1.165, 1.54) is 10.5 Å². The monoisotopic (exact) mass is 482 g/mol. The summed E-state index contributed by atoms with van der Waals surface area (Å²) in [5, 5.41) is 23.1. The van der Waals surface area contributed by atoms with Crippen molar-refractivity contribution in [2.24, 2.45) is 5.41 Å². The molecule has 1 aliphatic heterocycles. The Hall–Kier alpha value is -3.79. The Morgan fingerprint density at radius 3 is 2.39 bits per heavy atom. The molecule has 0 bridgehead atoms. The minimum Gasteiger partial charge on any atom is -0.465 e. The Labute approximate surface area is 210 Å². The number of rotatable bonds is 5. The second-order valence-corrected chi connectivity index (χ2v) is 11.0. The van der Waals surface area contributed by atoms with Gasteiger partial charge in [-0.1, -0.05) is 29.4 Å². The Bertz CT molecular complexity index is 1360. The van der Waals surface area contributed by atoms with Crippen molar-refractivity contribution in [3.8, 4) is 17.2 Å². The van der Waals surface area contributed by atoms with Crippen molar-refractivity contribution in [2.45, 2.75) is 57.9 Å². The van der Waals surface area contributed by atoms with E-state index in [4.69, 9.17) is 4.52 Å². The fraction of sp³-hybridized carbons (Fsp3) is 0.414. The number of nitriles is 1. The number of aryl methyl sites for hydroxylation is 3. The molecule has 1 N–H and O–H groups in total. The van der Waals surface area contributed by atoms with Gasteiger partial charge in [-0.3, -0.25) is 0 Å². The van der Waals surface area contributed by atoms with Crippen molar-refractivity contribution in [1.29, 1.82) is 5.26 Å². The number of hydrogen-bond donors (Lipinski definition) is 1. The van der Waals surface area contributed by atoms with Crippen LogP contribution in [0.2, 0.25) is 0 Å². The normalized spacial score (nSPS) is 19.3. The van der Waals surface area contributed by atoms with Crippen LogP contribution in [0.15, 0.2) is 47.0 Å². The molecule has 3 fully saturated rings. The van der Waals surface area contributed by atoms with E-state index in [1.807, 2.05) is 13.8 Å². The highest BCUT2D eigenvalue weighted by atomic mass is 16.5. The van der Waals surface area contributed by atoms with Crippen molar-refractivity contribution in [2.75, 3.05) is 18.0 Å². The molecule has 1 spiro atoms. The van der Waals surface area contributed by atoms with Crippen LogP contribution in [0.5, 0.6) is 0 Å². The van der Waals surface area contributed by atoms with Crippen LogP contribution in [0, 0.1) is 37.5 Å². The molecule has 2 aromatic carbocycles. The summed E-state index contributed by atoms with van der Waals surface area (Å²) in [5.74, 6) is 0.801. The molecule has 1 amide bonds. The first-order chi connectivity index (χ1) is 17.2. The molecule has 36 heavy (non-hydrogen) atoms. The number of anilines is 2. The molecule has 0 atom stereocenters. The summed E-state index contributed by atoms with van der Waals surface area (Å²) in [5.41, 5.74) is 7.25. The number of carbonyl (C=O) groups is 1. The summed E-state index contributed by atoms with van der Waals surface area (Å²) < 4.78 is 5.44. The zero-order chi connectivity index (χ0) is 25.2. The van der Waals surface area contributed by atoms with Gasteiger partial charge in [0.05, 0.1) is 17.2 Å². The quantitative estimate of drug-likeness (QED) is 0.472. The Morgan fingerprint density at radius 2 is 1.83 bits per heavy atom. The van der Waals surface area contributed by atoms with Gasteiger partial charge in [-0.05, 0) is 81.3 Å². The fourth-order valence-corrected chi connectivity index (χ4v) is 6.28. The van der Waals surface area contributed by atoms with Gasteiger partial charge in [-0.25, -0.2) is 4.79 Å². The lowest BCUT2D eigenvalue weighted by Crippen LogP contribution is -2.67. The standard InChI is InChI=1S/C29H30N4O3/c1-18-4-5-21(26-19(2)31-36-20(26)3)12-25(18)33(24-13-28(14-24)16-32(17-28)27(34)35)23-8-6-22(7-9-23)29(15-30)10-11-29/h4-9,12,24H,10-11,13-14,16-17H2,1-3H3,(H,34,35). The lowest BCUT2D eigenvalue weighted by atomic mass is 9.60. The third-order valence-electron chi connectivity index (χ3n) is 8.48. The number of likely N-dealkylation sites (tertiary alicyclic amines) is 1. The van der Waals surface area contributed by atoms with Gasteiger partial charge < -0.3 is 19.4 Å². The Balaban J connectivity index is 1.37. The lowest BCUT2D eigenvalue weighted by Gasteiger charge is -2.60. The average molecular weight is 483 g/mol. The SMILES string of the molecule is Cc1ccc(-c2c(C)noc2C)cc1N(c1ccc(C2(C#N)CC2)cc1)C1CC2(C1)CN(C(=O)O)C2. The summed E-state index contributed by atoms with van der Waals surface area (Å²) in [6.45, 7) is 7.27. The van der Waals surface area contributed by atoms with E-state index in [9.17, 15) is 15.2 Å². The molecule has 7 nitrogen and oxygen atoms in total. The number of hydrogen-bond acceptors (Lipinski definition) is 5. The number of aromatic nitrogens is 1. The smallest absolute Gasteiger partial charge is 0.407 e. The van der Waals surface area contributed by atoms with Gasteiger partial charge in [-0.2, -0.15) is 5.26 Å². The van der Waals surface area contributed by atoms with Crippen molar-refractivity contribution in [3.63, 3.8) is 0 Å². The highest BCUT2D eigenvalue weighted by Crippen LogP contribution is 2.54. The van der Waals surface area contributed by atoms with Gasteiger partial charge >= 0.3 is 6.09 Å². The maximum Gasteiger partial charge on any atom is 0.407 e. The molecule has 1 aromatic heterocycles. The van der Waals surface area contributed by atoms with Gasteiger partial charge in [0.25, 0.3) is 0 Å². The number of benzene rings is 2. The summed E-state index contributed by atoms with van der Waals surface area (Å²) in [7, 11) is 0. The van der Waals surface area contributed by atoms with Gasteiger partial charge in [0, 0.05) is 41.5 Å². The van der Waals surface area contributed by atoms with E-state index >= 15 is 0 Å². The van der Waals surface area contributed by atoms with Crippen LogP contribution in [0.4, 0.5) is 16.2 Å². The molecule has 3 aromatic rings. The second-order valence-electron chi connectivity index (χ2n) is 11.0. The van der Waals surface area contributed by atoms with Crippen LogP contribution in [0.25, 0.3) is 11.1 Å². The molecule has 1 saturated heterocycles.